The van der Waals surface area contributed by atoms with Crippen molar-refractivity contribution in [3.05, 3.63) is 24.0 Å². The Morgan fingerprint density at radius 1 is 1.50 bits per heavy atom. The van der Waals surface area contributed by atoms with Crippen LogP contribution in [0.4, 0.5) is 0 Å². The fourth-order valence-electron chi connectivity index (χ4n) is 1.18. The van der Waals surface area contributed by atoms with Gasteiger partial charge in [-0.25, -0.2) is 4.98 Å². The first-order valence-electron chi connectivity index (χ1n) is 3.69. The van der Waals surface area contributed by atoms with E-state index in [0.717, 1.165) is 16.6 Å². The molecule has 0 unspecified atom stereocenters. The van der Waals surface area contributed by atoms with E-state index in [9.17, 15) is 0 Å². The molecule has 12 heavy (non-hydrogen) atoms. The summed E-state index contributed by atoms with van der Waals surface area (Å²) in [6, 6.07) is 1.88. The number of aliphatic hydroxyl groups is 1. The molecule has 0 bridgehead atoms. The van der Waals surface area contributed by atoms with Crippen LogP contribution < -0.4 is 0 Å². The Hall–Kier alpha value is -1.42. The van der Waals surface area contributed by atoms with Gasteiger partial charge in [0.05, 0.1) is 12.8 Å². The molecule has 0 aliphatic heterocycles. The molecule has 0 aliphatic carbocycles. The average molecular weight is 163 g/mol. The summed E-state index contributed by atoms with van der Waals surface area (Å²) < 4.78 is 1.70. The molecule has 2 heterocycles. The fourth-order valence-corrected chi connectivity index (χ4v) is 1.18. The van der Waals surface area contributed by atoms with Crippen molar-refractivity contribution in [1.29, 1.82) is 0 Å². The van der Waals surface area contributed by atoms with E-state index in [1.54, 1.807) is 17.1 Å². The molecule has 2 aromatic rings. The molecule has 0 aromatic carbocycles. The van der Waals surface area contributed by atoms with Gasteiger partial charge in [0.1, 0.15) is 0 Å². The summed E-state index contributed by atoms with van der Waals surface area (Å²) in [4.78, 5) is 4.15. The highest BCUT2D eigenvalue weighted by Crippen LogP contribution is 2.11. The molecular weight excluding hydrogens is 154 g/mol. The van der Waals surface area contributed by atoms with Crippen molar-refractivity contribution in [2.75, 3.05) is 0 Å². The van der Waals surface area contributed by atoms with Crippen LogP contribution in [-0.2, 0) is 13.7 Å². The van der Waals surface area contributed by atoms with Gasteiger partial charge in [-0.2, -0.15) is 5.10 Å². The van der Waals surface area contributed by atoms with Gasteiger partial charge in [0, 0.05) is 18.6 Å². The number of aliphatic hydroxyl groups excluding tert-OH is 1. The number of fused-ring (bicyclic) bond motifs is 1. The first kappa shape index (κ1) is 7.24. The summed E-state index contributed by atoms with van der Waals surface area (Å²) in [5.41, 5.74) is 1.66. The number of nitrogens with zero attached hydrogens (tertiary/aromatic N) is 3. The third-order valence-electron chi connectivity index (χ3n) is 1.81. The molecule has 2 aromatic heterocycles. The van der Waals surface area contributed by atoms with Crippen molar-refractivity contribution in [3.8, 4) is 0 Å². The van der Waals surface area contributed by atoms with E-state index >= 15 is 0 Å². The zero-order valence-electron chi connectivity index (χ0n) is 6.73. The Bertz CT molecular complexity index is 408. The second-order valence-corrected chi connectivity index (χ2v) is 2.68. The van der Waals surface area contributed by atoms with Crippen LogP contribution in [0.15, 0.2) is 18.5 Å². The third kappa shape index (κ3) is 0.967. The van der Waals surface area contributed by atoms with Crippen LogP contribution in [0.5, 0.6) is 0 Å². The molecule has 0 saturated carbocycles. The van der Waals surface area contributed by atoms with Gasteiger partial charge in [0.2, 0.25) is 0 Å². The minimum Gasteiger partial charge on any atom is -0.392 e. The lowest BCUT2D eigenvalue weighted by atomic mass is 10.2. The molecule has 2 rings (SSSR count). The molecule has 4 nitrogen and oxygen atoms in total. The number of pyridine rings is 1. The quantitative estimate of drug-likeness (QED) is 0.664. The van der Waals surface area contributed by atoms with Crippen molar-refractivity contribution in [1.82, 2.24) is 14.8 Å². The number of hydrogen-bond acceptors (Lipinski definition) is 3. The van der Waals surface area contributed by atoms with Crippen molar-refractivity contribution >= 4 is 11.0 Å². The Kier molecular flexibility index (Phi) is 1.55. The van der Waals surface area contributed by atoms with Crippen molar-refractivity contribution in [2.24, 2.45) is 7.05 Å². The molecule has 62 valence electrons. The van der Waals surface area contributed by atoms with E-state index in [1.165, 1.54) is 0 Å². The SMILES string of the molecule is Cn1ncc2cc(CO)cnc21. The normalized spacial score (nSPS) is 10.8. The Balaban J connectivity index is 2.69. The summed E-state index contributed by atoms with van der Waals surface area (Å²) in [6.45, 7) is 0.0256. The van der Waals surface area contributed by atoms with Gasteiger partial charge in [-0.1, -0.05) is 0 Å². The Labute approximate surface area is 69.5 Å². The average Bonchev–Trinajstić information content (AvgIpc) is 2.47. The first-order chi connectivity index (χ1) is 5.81. The molecule has 0 fully saturated rings. The predicted octanol–water partition coefficient (Wildman–Crippen LogP) is 0.461. The second kappa shape index (κ2) is 2.57. The summed E-state index contributed by atoms with van der Waals surface area (Å²) in [5, 5.41) is 13.8. The van der Waals surface area contributed by atoms with Crippen LogP contribution in [0.3, 0.4) is 0 Å². The summed E-state index contributed by atoms with van der Waals surface area (Å²) in [5.74, 6) is 0. The predicted molar refractivity (Wildman–Crippen MR) is 44.4 cm³/mol. The van der Waals surface area contributed by atoms with Crippen LogP contribution >= 0.6 is 0 Å². The lowest BCUT2D eigenvalue weighted by Crippen LogP contribution is -1.92. The number of aromatic nitrogens is 3. The van der Waals surface area contributed by atoms with E-state index in [2.05, 4.69) is 10.1 Å². The van der Waals surface area contributed by atoms with E-state index in [1.807, 2.05) is 13.1 Å². The molecular formula is C8H9N3O. The first-order valence-corrected chi connectivity index (χ1v) is 3.69. The standard InChI is InChI=1S/C8H9N3O/c1-11-8-7(4-10-11)2-6(5-12)3-9-8/h2-4,12H,5H2,1H3. The number of rotatable bonds is 1. The van der Waals surface area contributed by atoms with Crippen LogP contribution in [0.25, 0.3) is 11.0 Å². The van der Waals surface area contributed by atoms with E-state index in [0.29, 0.717) is 0 Å². The van der Waals surface area contributed by atoms with Crippen LogP contribution in [0.2, 0.25) is 0 Å². The van der Waals surface area contributed by atoms with Gasteiger partial charge in [-0.05, 0) is 11.6 Å². The van der Waals surface area contributed by atoms with Gasteiger partial charge in [-0.3, -0.25) is 4.68 Å². The summed E-state index contributed by atoms with van der Waals surface area (Å²) in [6.07, 6.45) is 3.39. The zero-order chi connectivity index (χ0) is 8.55. The van der Waals surface area contributed by atoms with Crippen molar-refractivity contribution < 1.29 is 5.11 Å². The van der Waals surface area contributed by atoms with E-state index in [4.69, 9.17) is 5.11 Å². The lowest BCUT2D eigenvalue weighted by molar-refractivity contribution is 0.281. The lowest BCUT2D eigenvalue weighted by Gasteiger charge is -1.95. The van der Waals surface area contributed by atoms with Crippen LogP contribution in [0.1, 0.15) is 5.56 Å². The highest BCUT2D eigenvalue weighted by molar-refractivity contribution is 5.74. The molecule has 0 aliphatic rings. The Morgan fingerprint density at radius 3 is 3.08 bits per heavy atom. The zero-order valence-corrected chi connectivity index (χ0v) is 6.73. The largest absolute Gasteiger partial charge is 0.392 e. The molecule has 0 spiro atoms. The van der Waals surface area contributed by atoms with Crippen LogP contribution in [-0.4, -0.2) is 19.9 Å². The highest BCUT2D eigenvalue weighted by atomic mass is 16.3. The van der Waals surface area contributed by atoms with E-state index < -0.39 is 0 Å². The molecule has 1 N–H and O–H groups in total. The maximum atomic E-state index is 8.84. The molecule has 0 saturated heterocycles. The second-order valence-electron chi connectivity index (χ2n) is 2.68. The smallest absolute Gasteiger partial charge is 0.157 e. The highest BCUT2D eigenvalue weighted by Gasteiger charge is 2.00. The van der Waals surface area contributed by atoms with Crippen molar-refractivity contribution in [3.63, 3.8) is 0 Å². The molecule has 0 radical (unpaired) electrons. The minimum atomic E-state index is 0.0256. The van der Waals surface area contributed by atoms with E-state index in [-0.39, 0.29) is 6.61 Å². The van der Waals surface area contributed by atoms with Gasteiger partial charge < -0.3 is 5.11 Å². The molecule has 0 amide bonds. The monoisotopic (exact) mass is 163 g/mol. The maximum Gasteiger partial charge on any atom is 0.157 e. The fraction of sp³-hybridized carbons (Fsp3) is 0.250. The maximum absolute atomic E-state index is 8.84. The van der Waals surface area contributed by atoms with Crippen molar-refractivity contribution in [2.45, 2.75) is 6.61 Å². The van der Waals surface area contributed by atoms with Gasteiger partial charge >= 0.3 is 0 Å². The van der Waals surface area contributed by atoms with Crippen LogP contribution in [0, 0.1) is 0 Å². The molecule has 0 atom stereocenters. The van der Waals surface area contributed by atoms with Gasteiger partial charge in [0.25, 0.3) is 0 Å². The molecule has 4 heteroatoms. The number of aryl methyl sites for hydroxylation is 1. The number of hydrogen-bond donors (Lipinski definition) is 1. The third-order valence-corrected chi connectivity index (χ3v) is 1.81. The summed E-state index contributed by atoms with van der Waals surface area (Å²) in [7, 11) is 1.84. The van der Waals surface area contributed by atoms with Gasteiger partial charge in [-0.15, -0.1) is 0 Å². The summed E-state index contributed by atoms with van der Waals surface area (Å²) >= 11 is 0. The topological polar surface area (TPSA) is 50.9 Å². The Morgan fingerprint density at radius 2 is 2.33 bits per heavy atom. The van der Waals surface area contributed by atoms with Gasteiger partial charge in [0.15, 0.2) is 5.65 Å². The minimum absolute atomic E-state index is 0.0256.